The molecule has 5 nitrogen and oxygen atoms in total. The van der Waals surface area contributed by atoms with Crippen molar-refractivity contribution in [2.45, 2.75) is 6.92 Å². The van der Waals surface area contributed by atoms with Gasteiger partial charge in [0.1, 0.15) is 17.5 Å². The van der Waals surface area contributed by atoms with E-state index in [-0.39, 0.29) is 12.2 Å². The molecule has 0 radical (unpaired) electrons. The number of nitriles is 1. The highest BCUT2D eigenvalue weighted by atomic mass is 19.1. The van der Waals surface area contributed by atoms with Gasteiger partial charge in [-0.1, -0.05) is 0 Å². The van der Waals surface area contributed by atoms with Gasteiger partial charge in [-0.15, -0.1) is 0 Å². The number of hydrogen-bond donors (Lipinski definition) is 2. The fraction of sp³-hybridized carbons (Fsp3) is 0.286. The van der Waals surface area contributed by atoms with E-state index in [1.807, 2.05) is 13.0 Å². The van der Waals surface area contributed by atoms with Gasteiger partial charge >= 0.3 is 0 Å². The first kappa shape index (κ1) is 15.7. The highest BCUT2D eigenvalue weighted by molar-refractivity contribution is 6.06. The third-order valence-corrected chi connectivity index (χ3v) is 2.57. The second-order valence-electron chi connectivity index (χ2n) is 3.97. The lowest BCUT2D eigenvalue weighted by Crippen LogP contribution is -2.23. The number of aliphatic hydroxyl groups excluding tert-OH is 1. The van der Waals surface area contributed by atoms with Crippen molar-refractivity contribution >= 4 is 11.6 Å². The second kappa shape index (κ2) is 7.92. The molecule has 0 heterocycles. The zero-order valence-corrected chi connectivity index (χ0v) is 11.1. The maximum Gasteiger partial charge on any atom is 0.267 e. The first-order chi connectivity index (χ1) is 9.60. The van der Waals surface area contributed by atoms with Gasteiger partial charge in [-0.05, 0) is 31.2 Å². The summed E-state index contributed by atoms with van der Waals surface area (Å²) in [6.07, 6.45) is 1.40. The van der Waals surface area contributed by atoms with Crippen molar-refractivity contribution in [1.82, 2.24) is 4.90 Å². The maximum atomic E-state index is 12.7. The topological polar surface area (TPSA) is 76.4 Å². The van der Waals surface area contributed by atoms with Crippen molar-refractivity contribution in [3.63, 3.8) is 0 Å². The smallest absolute Gasteiger partial charge is 0.267 e. The molecule has 1 aromatic carbocycles. The van der Waals surface area contributed by atoms with Gasteiger partial charge in [-0.3, -0.25) is 4.79 Å². The highest BCUT2D eigenvalue weighted by Crippen LogP contribution is 2.10. The van der Waals surface area contributed by atoms with E-state index in [4.69, 9.17) is 10.4 Å². The number of aliphatic hydroxyl groups is 1. The van der Waals surface area contributed by atoms with E-state index >= 15 is 0 Å². The molecule has 0 saturated heterocycles. The number of nitrogens with one attached hydrogen (secondary N) is 1. The van der Waals surface area contributed by atoms with Crippen LogP contribution < -0.4 is 5.32 Å². The van der Waals surface area contributed by atoms with Crippen LogP contribution in [0.2, 0.25) is 0 Å². The molecular formula is C14H16FN3O2. The molecule has 1 rings (SSSR count). The largest absolute Gasteiger partial charge is 0.395 e. The van der Waals surface area contributed by atoms with E-state index in [0.717, 1.165) is 0 Å². The zero-order chi connectivity index (χ0) is 15.0. The van der Waals surface area contributed by atoms with Gasteiger partial charge in [0, 0.05) is 25.0 Å². The minimum absolute atomic E-state index is 0.0668. The van der Waals surface area contributed by atoms with Crippen molar-refractivity contribution in [3.05, 3.63) is 41.9 Å². The summed E-state index contributed by atoms with van der Waals surface area (Å²) >= 11 is 0. The molecule has 1 amide bonds. The van der Waals surface area contributed by atoms with Crippen LogP contribution in [0.1, 0.15) is 6.92 Å². The number of rotatable bonds is 6. The Morgan fingerprint density at radius 2 is 2.15 bits per heavy atom. The predicted octanol–water partition coefficient (Wildman–Crippen LogP) is 1.49. The second-order valence-corrected chi connectivity index (χ2v) is 3.97. The Hall–Kier alpha value is -2.39. The Kier molecular flexibility index (Phi) is 6.20. The minimum atomic E-state index is -0.574. The molecule has 0 spiro atoms. The summed E-state index contributed by atoms with van der Waals surface area (Å²) in [4.78, 5) is 13.6. The van der Waals surface area contributed by atoms with Crippen molar-refractivity contribution in [1.29, 1.82) is 5.26 Å². The van der Waals surface area contributed by atoms with Gasteiger partial charge in [-0.25, -0.2) is 4.39 Å². The number of nitrogens with zero attached hydrogens (tertiary/aromatic N) is 2. The lowest BCUT2D eigenvalue weighted by molar-refractivity contribution is -0.112. The number of amides is 1. The molecule has 0 aromatic heterocycles. The number of carbonyl (C=O) groups excluding carboxylic acids is 1. The average Bonchev–Trinajstić information content (AvgIpc) is 2.45. The number of halogens is 1. The number of likely N-dealkylation sites (N-methyl/N-ethyl adjacent to an activating group) is 1. The Bertz CT molecular complexity index is 520. The summed E-state index contributed by atoms with van der Waals surface area (Å²) in [7, 11) is 0. The van der Waals surface area contributed by atoms with E-state index in [0.29, 0.717) is 18.8 Å². The van der Waals surface area contributed by atoms with Gasteiger partial charge in [-0.2, -0.15) is 5.26 Å². The predicted molar refractivity (Wildman–Crippen MR) is 73.1 cm³/mol. The van der Waals surface area contributed by atoms with Crippen molar-refractivity contribution < 1.29 is 14.3 Å². The van der Waals surface area contributed by atoms with E-state index in [1.54, 1.807) is 4.90 Å². The standard InChI is InChI=1S/C14H16FN3O2/c1-2-18(7-8-19)10-11(9-16)14(20)17-13-5-3-12(15)4-6-13/h3-6,10,19H,2,7-8H2,1H3,(H,17,20)/b11-10-. The molecule has 20 heavy (non-hydrogen) atoms. The summed E-state index contributed by atoms with van der Waals surface area (Å²) in [6, 6.07) is 7.06. The molecule has 0 saturated carbocycles. The summed E-state index contributed by atoms with van der Waals surface area (Å²) in [5.41, 5.74) is 0.326. The van der Waals surface area contributed by atoms with Gasteiger partial charge in [0.05, 0.1) is 6.61 Å². The van der Waals surface area contributed by atoms with Crippen LogP contribution in [0.3, 0.4) is 0 Å². The Morgan fingerprint density at radius 1 is 1.50 bits per heavy atom. The molecule has 0 aliphatic heterocycles. The molecule has 0 atom stereocenters. The van der Waals surface area contributed by atoms with Gasteiger partial charge in [0.25, 0.3) is 5.91 Å². The monoisotopic (exact) mass is 277 g/mol. The molecule has 6 heteroatoms. The molecule has 0 aliphatic carbocycles. The van der Waals surface area contributed by atoms with Crippen molar-refractivity contribution in [2.24, 2.45) is 0 Å². The van der Waals surface area contributed by atoms with E-state index < -0.39 is 11.7 Å². The lowest BCUT2D eigenvalue weighted by atomic mass is 10.2. The number of hydrogen-bond acceptors (Lipinski definition) is 4. The number of benzene rings is 1. The molecule has 1 aromatic rings. The van der Waals surface area contributed by atoms with Crippen LogP contribution in [-0.2, 0) is 4.79 Å². The molecule has 0 unspecified atom stereocenters. The number of carbonyl (C=O) groups is 1. The van der Waals surface area contributed by atoms with Gasteiger partial charge < -0.3 is 15.3 Å². The van der Waals surface area contributed by atoms with Crippen molar-refractivity contribution in [3.8, 4) is 6.07 Å². The van der Waals surface area contributed by atoms with Crippen LogP contribution in [0.25, 0.3) is 0 Å². The van der Waals surface area contributed by atoms with Crippen LogP contribution in [-0.4, -0.2) is 35.6 Å². The SMILES string of the molecule is CCN(/C=C(/C#N)C(=O)Nc1ccc(F)cc1)CCO. The van der Waals surface area contributed by atoms with Gasteiger partial charge in [0.2, 0.25) is 0 Å². The zero-order valence-electron chi connectivity index (χ0n) is 11.1. The Balaban J connectivity index is 2.79. The fourth-order valence-electron chi connectivity index (χ4n) is 1.49. The van der Waals surface area contributed by atoms with E-state index in [2.05, 4.69) is 5.32 Å². The van der Waals surface area contributed by atoms with Crippen LogP contribution in [0, 0.1) is 17.1 Å². The molecule has 0 fully saturated rings. The Labute approximate surface area is 116 Å². The van der Waals surface area contributed by atoms with E-state index in [1.165, 1.54) is 30.5 Å². The van der Waals surface area contributed by atoms with Crippen LogP contribution in [0.15, 0.2) is 36.0 Å². The molecule has 0 aliphatic rings. The first-order valence-corrected chi connectivity index (χ1v) is 6.14. The maximum absolute atomic E-state index is 12.7. The van der Waals surface area contributed by atoms with E-state index in [9.17, 15) is 9.18 Å². The molecule has 0 bridgehead atoms. The minimum Gasteiger partial charge on any atom is -0.395 e. The quantitative estimate of drug-likeness (QED) is 0.610. The fourth-order valence-corrected chi connectivity index (χ4v) is 1.49. The highest BCUT2D eigenvalue weighted by Gasteiger charge is 2.11. The third-order valence-electron chi connectivity index (χ3n) is 2.57. The van der Waals surface area contributed by atoms with Crippen LogP contribution in [0.5, 0.6) is 0 Å². The summed E-state index contributed by atoms with van der Waals surface area (Å²) in [6.45, 7) is 2.68. The van der Waals surface area contributed by atoms with Crippen LogP contribution in [0.4, 0.5) is 10.1 Å². The molecule has 106 valence electrons. The normalized spacial score (nSPS) is 10.8. The molecular weight excluding hydrogens is 261 g/mol. The summed E-state index contributed by atoms with van der Waals surface area (Å²) < 4.78 is 12.7. The third kappa shape index (κ3) is 4.71. The molecule has 2 N–H and O–H groups in total. The van der Waals surface area contributed by atoms with Gasteiger partial charge in [0.15, 0.2) is 0 Å². The van der Waals surface area contributed by atoms with Crippen LogP contribution >= 0.6 is 0 Å². The lowest BCUT2D eigenvalue weighted by Gasteiger charge is -2.17. The number of anilines is 1. The summed E-state index contributed by atoms with van der Waals surface area (Å²) in [5.74, 6) is -0.977. The Morgan fingerprint density at radius 3 is 2.65 bits per heavy atom. The first-order valence-electron chi connectivity index (χ1n) is 6.14. The van der Waals surface area contributed by atoms with Crippen molar-refractivity contribution in [2.75, 3.05) is 25.0 Å². The summed E-state index contributed by atoms with van der Waals surface area (Å²) in [5, 5.41) is 20.4. The average molecular weight is 277 g/mol.